The van der Waals surface area contributed by atoms with Crippen molar-refractivity contribution >= 4 is 5.91 Å². The van der Waals surface area contributed by atoms with Crippen molar-refractivity contribution in [2.75, 3.05) is 13.1 Å². The molecular weight excluding hydrogens is 188 g/mol. The summed E-state index contributed by atoms with van der Waals surface area (Å²) >= 11 is 0. The Balaban J connectivity index is 2.58. The lowest BCUT2D eigenvalue weighted by molar-refractivity contribution is 0.0953. The maximum atomic E-state index is 11.5. The van der Waals surface area contributed by atoms with Crippen LogP contribution in [-0.2, 0) is 6.42 Å². The third-order valence-corrected chi connectivity index (χ3v) is 2.18. The lowest BCUT2D eigenvalue weighted by atomic mass is 10.1. The van der Waals surface area contributed by atoms with Crippen molar-refractivity contribution in [2.24, 2.45) is 5.73 Å². The Labute approximate surface area is 90.7 Å². The molecular formula is C12H18N2O. The third kappa shape index (κ3) is 3.72. The molecule has 0 aliphatic carbocycles. The van der Waals surface area contributed by atoms with E-state index in [1.807, 2.05) is 31.2 Å². The summed E-state index contributed by atoms with van der Waals surface area (Å²) in [6.07, 6.45) is 1.81. The SMILES string of the molecule is CCCNC(=O)c1ccc(CCN)cc1. The molecule has 0 bridgehead atoms. The van der Waals surface area contributed by atoms with Gasteiger partial charge >= 0.3 is 0 Å². The van der Waals surface area contributed by atoms with Crippen LogP contribution >= 0.6 is 0 Å². The van der Waals surface area contributed by atoms with E-state index in [0.29, 0.717) is 12.1 Å². The highest BCUT2D eigenvalue weighted by molar-refractivity contribution is 5.94. The van der Waals surface area contributed by atoms with Crippen LogP contribution in [0.5, 0.6) is 0 Å². The molecule has 1 amide bonds. The Morgan fingerprint density at radius 3 is 2.53 bits per heavy atom. The topological polar surface area (TPSA) is 55.1 Å². The highest BCUT2D eigenvalue weighted by Crippen LogP contribution is 2.04. The summed E-state index contributed by atoms with van der Waals surface area (Å²) in [5.41, 5.74) is 7.33. The van der Waals surface area contributed by atoms with Crippen LogP contribution in [0.3, 0.4) is 0 Å². The standard InChI is InChI=1S/C12H18N2O/c1-2-9-14-12(15)11-5-3-10(4-6-11)7-8-13/h3-6H,2,7-9,13H2,1H3,(H,14,15). The Hall–Kier alpha value is -1.35. The van der Waals surface area contributed by atoms with Crippen molar-refractivity contribution in [3.05, 3.63) is 35.4 Å². The molecule has 0 aliphatic heterocycles. The van der Waals surface area contributed by atoms with Gasteiger partial charge in [-0.2, -0.15) is 0 Å². The number of nitrogens with two attached hydrogens (primary N) is 1. The van der Waals surface area contributed by atoms with E-state index in [1.54, 1.807) is 0 Å². The minimum Gasteiger partial charge on any atom is -0.352 e. The first-order valence-corrected chi connectivity index (χ1v) is 5.35. The Morgan fingerprint density at radius 2 is 2.00 bits per heavy atom. The number of benzene rings is 1. The molecule has 0 atom stereocenters. The fourth-order valence-electron chi connectivity index (χ4n) is 1.33. The maximum Gasteiger partial charge on any atom is 0.251 e. The van der Waals surface area contributed by atoms with Crippen molar-refractivity contribution < 1.29 is 4.79 Å². The molecule has 0 fully saturated rings. The van der Waals surface area contributed by atoms with E-state index < -0.39 is 0 Å². The molecule has 0 spiro atoms. The predicted octanol–water partition coefficient (Wildman–Crippen LogP) is 1.33. The zero-order chi connectivity index (χ0) is 11.1. The van der Waals surface area contributed by atoms with Gasteiger partial charge in [-0.3, -0.25) is 4.79 Å². The van der Waals surface area contributed by atoms with E-state index in [9.17, 15) is 4.79 Å². The number of nitrogens with one attached hydrogen (secondary N) is 1. The highest BCUT2D eigenvalue weighted by Gasteiger charge is 2.03. The monoisotopic (exact) mass is 206 g/mol. The van der Waals surface area contributed by atoms with Gasteiger partial charge in [-0.25, -0.2) is 0 Å². The lowest BCUT2D eigenvalue weighted by Crippen LogP contribution is -2.23. The fraction of sp³-hybridized carbons (Fsp3) is 0.417. The van der Waals surface area contributed by atoms with Crippen LogP contribution in [0.15, 0.2) is 24.3 Å². The van der Waals surface area contributed by atoms with Gasteiger partial charge < -0.3 is 11.1 Å². The molecule has 0 saturated carbocycles. The Kier molecular flexibility index (Phi) is 4.84. The van der Waals surface area contributed by atoms with Crippen molar-refractivity contribution in [1.82, 2.24) is 5.32 Å². The average molecular weight is 206 g/mol. The van der Waals surface area contributed by atoms with E-state index in [4.69, 9.17) is 5.73 Å². The first-order valence-electron chi connectivity index (χ1n) is 5.35. The van der Waals surface area contributed by atoms with Crippen LogP contribution in [0, 0.1) is 0 Å². The molecule has 3 nitrogen and oxygen atoms in total. The molecule has 0 heterocycles. The van der Waals surface area contributed by atoms with Crippen LogP contribution in [-0.4, -0.2) is 19.0 Å². The smallest absolute Gasteiger partial charge is 0.251 e. The summed E-state index contributed by atoms with van der Waals surface area (Å²) < 4.78 is 0. The molecule has 15 heavy (non-hydrogen) atoms. The van der Waals surface area contributed by atoms with E-state index >= 15 is 0 Å². The normalized spacial score (nSPS) is 10.0. The first kappa shape index (κ1) is 11.7. The molecule has 0 aliphatic rings. The van der Waals surface area contributed by atoms with Crippen molar-refractivity contribution in [2.45, 2.75) is 19.8 Å². The van der Waals surface area contributed by atoms with Crippen LogP contribution in [0.2, 0.25) is 0 Å². The maximum absolute atomic E-state index is 11.5. The third-order valence-electron chi connectivity index (χ3n) is 2.18. The number of hydrogen-bond acceptors (Lipinski definition) is 2. The van der Waals surface area contributed by atoms with Gasteiger partial charge in [0.2, 0.25) is 0 Å². The van der Waals surface area contributed by atoms with Gasteiger partial charge in [0.1, 0.15) is 0 Å². The molecule has 1 aromatic carbocycles. The van der Waals surface area contributed by atoms with Crippen molar-refractivity contribution in [1.29, 1.82) is 0 Å². The van der Waals surface area contributed by atoms with Gasteiger partial charge in [-0.15, -0.1) is 0 Å². The average Bonchev–Trinajstić information content (AvgIpc) is 2.27. The summed E-state index contributed by atoms with van der Waals surface area (Å²) in [7, 11) is 0. The second-order valence-electron chi connectivity index (χ2n) is 3.49. The molecule has 0 unspecified atom stereocenters. The number of amides is 1. The van der Waals surface area contributed by atoms with E-state index in [2.05, 4.69) is 5.32 Å². The molecule has 82 valence electrons. The number of rotatable bonds is 5. The van der Waals surface area contributed by atoms with Crippen LogP contribution in [0.4, 0.5) is 0 Å². The summed E-state index contributed by atoms with van der Waals surface area (Å²) in [4.78, 5) is 11.5. The predicted molar refractivity (Wildman–Crippen MR) is 61.8 cm³/mol. The van der Waals surface area contributed by atoms with Gasteiger partial charge in [-0.05, 0) is 37.1 Å². The number of carbonyl (C=O) groups excluding carboxylic acids is 1. The second-order valence-corrected chi connectivity index (χ2v) is 3.49. The van der Waals surface area contributed by atoms with Gasteiger partial charge in [0.25, 0.3) is 5.91 Å². The van der Waals surface area contributed by atoms with Crippen molar-refractivity contribution in [3.63, 3.8) is 0 Å². The minimum atomic E-state index is -0.00357. The molecule has 0 saturated heterocycles. The van der Waals surface area contributed by atoms with E-state index in [0.717, 1.165) is 19.4 Å². The molecule has 1 aromatic rings. The summed E-state index contributed by atoms with van der Waals surface area (Å²) in [5.74, 6) is -0.00357. The molecule has 3 N–H and O–H groups in total. The summed E-state index contributed by atoms with van der Waals surface area (Å²) in [6.45, 7) is 3.40. The largest absolute Gasteiger partial charge is 0.352 e. The number of carbonyl (C=O) groups is 1. The minimum absolute atomic E-state index is 0.00357. The van der Waals surface area contributed by atoms with Gasteiger partial charge in [0.15, 0.2) is 0 Å². The molecule has 0 radical (unpaired) electrons. The van der Waals surface area contributed by atoms with Gasteiger partial charge in [0.05, 0.1) is 0 Å². The lowest BCUT2D eigenvalue weighted by Gasteiger charge is -2.04. The summed E-state index contributed by atoms with van der Waals surface area (Å²) in [5, 5.41) is 2.84. The second kappa shape index (κ2) is 6.19. The fourth-order valence-corrected chi connectivity index (χ4v) is 1.33. The Bertz CT molecular complexity index is 306. The Morgan fingerprint density at radius 1 is 1.33 bits per heavy atom. The number of hydrogen-bond donors (Lipinski definition) is 2. The van der Waals surface area contributed by atoms with E-state index in [-0.39, 0.29) is 5.91 Å². The first-order chi connectivity index (χ1) is 7.27. The van der Waals surface area contributed by atoms with Gasteiger partial charge in [0, 0.05) is 12.1 Å². The highest BCUT2D eigenvalue weighted by atomic mass is 16.1. The molecule has 3 heteroatoms. The van der Waals surface area contributed by atoms with E-state index in [1.165, 1.54) is 5.56 Å². The van der Waals surface area contributed by atoms with Crippen LogP contribution in [0.25, 0.3) is 0 Å². The van der Waals surface area contributed by atoms with Crippen LogP contribution < -0.4 is 11.1 Å². The molecule has 0 aromatic heterocycles. The van der Waals surface area contributed by atoms with Crippen molar-refractivity contribution in [3.8, 4) is 0 Å². The van der Waals surface area contributed by atoms with Crippen LogP contribution in [0.1, 0.15) is 29.3 Å². The summed E-state index contributed by atoms with van der Waals surface area (Å²) in [6, 6.07) is 7.59. The quantitative estimate of drug-likeness (QED) is 0.763. The molecule has 1 rings (SSSR count). The zero-order valence-corrected chi connectivity index (χ0v) is 9.12. The van der Waals surface area contributed by atoms with Gasteiger partial charge in [-0.1, -0.05) is 19.1 Å². The zero-order valence-electron chi connectivity index (χ0n) is 9.12.